The van der Waals surface area contributed by atoms with Crippen molar-refractivity contribution in [3.05, 3.63) is 24.3 Å². The van der Waals surface area contributed by atoms with Crippen molar-refractivity contribution in [1.82, 2.24) is 5.32 Å². The van der Waals surface area contributed by atoms with Gasteiger partial charge in [0.2, 0.25) is 0 Å². The van der Waals surface area contributed by atoms with E-state index in [-0.39, 0.29) is 6.10 Å². The summed E-state index contributed by atoms with van der Waals surface area (Å²) in [4.78, 5) is 24.5. The maximum Gasteiger partial charge on any atom is 0.313 e. The Bertz CT molecular complexity index is 487. The van der Waals surface area contributed by atoms with Gasteiger partial charge in [-0.25, -0.2) is 0 Å². The van der Waals surface area contributed by atoms with Crippen molar-refractivity contribution in [3.8, 4) is 0 Å². The number of rotatable bonds is 4. The molecule has 0 saturated carbocycles. The number of nitrogens with one attached hydrogen (secondary N) is 2. The summed E-state index contributed by atoms with van der Waals surface area (Å²) in [7, 11) is 0. The zero-order valence-corrected chi connectivity index (χ0v) is 12.2. The standard InChI is InChI=1S/C14H18N2O3S/c1-20-12-7-3-2-6-11(12)16-14(18)13(17)15-9-10-5-4-8-19-10/h2-3,6-7,10H,4-5,8-9H2,1H3,(H,15,17)(H,16,18)/t10-/m0/s1. The number of amides is 2. The lowest BCUT2D eigenvalue weighted by atomic mass is 10.2. The molecule has 1 saturated heterocycles. The van der Waals surface area contributed by atoms with Crippen LogP contribution in [-0.4, -0.2) is 37.3 Å². The van der Waals surface area contributed by atoms with Gasteiger partial charge in [0.15, 0.2) is 0 Å². The van der Waals surface area contributed by atoms with Crippen molar-refractivity contribution < 1.29 is 14.3 Å². The number of hydrogen-bond acceptors (Lipinski definition) is 4. The van der Waals surface area contributed by atoms with Gasteiger partial charge in [-0.3, -0.25) is 9.59 Å². The minimum absolute atomic E-state index is 0.0326. The smallest absolute Gasteiger partial charge is 0.313 e. The molecule has 6 heteroatoms. The summed E-state index contributed by atoms with van der Waals surface area (Å²) < 4.78 is 5.39. The van der Waals surface area contributed by atoms with Crippen LogP contribution in [0.5, 0.6) is 0 Å². The van der Waals surface area contributed by atoms with Crippen LogP contribution in [0.1, 0.15) is 12.8 Å². The van der Waals surface area contributed by atoms with E-state index in [1.54, 1.807) is 6.07 Å². The number of carbonyl (C=O) groups is 2. The van der Waals surface area contributed by atoms with Crippen molar-refractivity contribution in [1.29, 1.82) is 0 Å². The second kappa shape index (κ2) is 7.31. The molecule has 0 bridgehead atoms. The number of para-hydroxylation sites is 1. The van der Waals surface area contributed by atoms with Crippen molar-refractivity contribution in [3.63, 3.8) is 0 Å². The number of thioether (sulfide) groups is 1. The van der Waals surface area contributed by atoms with E-state index in [1.807, 2.05) is 24.5 Å². The predicted molar refractivity (Wildman–Crippen MR) is 78.8 cm³/mol. The third-order valence-corrected chi connectivity index (χ3v) is 3.87. The van der Waals surface area contributed by atoms with Crippen LogP contribution in [0.15, 0.2) is 29.2 Å². The first kappa shape index (κ1) is 14.9. The summed E-state index contributed by atoms with van der Waals surface area (Å²) in [6.07, 6.45) is 3.89. The molecule has 1 atom stereocenters. The van der Waals surface area contributed by atoms with Crippen LogP contribution in [0, 0.1) is 0 Å². The summed E-state index contributed by atoms with van der Waals surface area (Å²) in [6, 6.07) is 7.38. The Labute approximate surface area is 122 Å². The fourth-order valence-corrected chi connectivity index (χ4v) is 2.57. The molecule has 1 aliphatic rings. The van der Waals surface area contributed by atoms with Gasteiger partial charge in [-0.15, -0.1) is 11.8 Å². The topological polar surface area (TPSA) is 67.4 Å². The number of carbonyl (C=O) groups excluding carboxylic acids is 2. The maximum absolute atomic E-state index is 11.8. The molecule has 0 radical (unpaired) electrons. The van der Waals surface area contributed by atoms with Gasteiger partial charge in [-0.1, -0.05) is 12.1 Å². The number of anilines is 1. The van der Waals surface area contributed by atoms with Crippen LogP contribution in [0.25, 0.3) is 0 Å². The molecule has 2 N–H and O–H groups in total. The molecular formula is C14H18N2O3S. The Kier molecular flexibility index (Phi) is 5.43. The quantitative estimate of drug-likeness (QED) is 0.654. The molecule has 108 valence electrons. The highest BCUT2D eigenvalue weighted by Gasteiger charge is 2.19. The molecule has 2 rings (SSSR count). The third-order valence-electron chi connectivity index (χ3n) is 3.08. The lowest BCUT2D eigenvalue weighted by Crippen LogP contribution is -2.39. The maximum atomic E-state index is 11.8. The summed E-state index contributed by atoms with van der Waals surface area (Å²) in [6.45, 7) is 1.12. The minimum Gasteiger partial charge on any atom is -0.376 e. The number of ether oxygens (including phenoxy) is 1. The van der Waals surface area contributed by atoms with Crippen molar-refractivity contribution in [2.45, 2.75) is 23.8 Å². The highest BCUT2D eigenvalue weighted by molar-refractivity contribution is 7.98. The van der Waals surface area contributed by atoms with E-state index in [0.717, 1.165) is 24.3 Å². The molecule has 0 unspecified atom stereocenters. The van der Waals surface area contributed by atoms with E-state index in [1.165, 1.54) is 11.8 Å². The minimum atomic E-state index is -0.649. The lowest BCUT2D eigenvalue weighted by Gasteiger charge is -2.11. The first-order chi connectivity index (χ1) is 9.70. The average Bonchev–Trinajstić information content (AvgIpc) is 2.98. The zero-order valence-electron chi connectivity index (χ0n) is 11.3. The van der Waals surface area contributed by atoms with Crippen LogP contribution in [0.2, 0.25) is 0 Å². The van der Waals surface area contributed by atoms with Gasteiger partial charge in [-0.2, -0.15) is 0 Å². The highest BCUT2D eigenvalue weighted by atomic mass is 32.2. The molecule has 0 aliphatic carbocycles. The SMILES string of the molecule is CSc1ccccc1NC(=O)C(=O)NC[C@@H]1CCCO1. The van der Waals surface area contributed by atoms with E-state index >= 15 is 0 Å². The number of hydrogen-bond donors (Lipinski definition) is 2. The second-order valence-electron chi connectivity index (χ2n) is 4.50. The van der Waals surface area contributed by atoms with Crippen molar-refractivity contribution in [2.75, 3.05) is 24.7 Å². The van der Waals surface area contributed by atoms with Gasteiger partial charge in [-0.05, 0) is 31.2 Å². The normalized spacial score (nSPS) is 17.8. The summed E-state index contributed by atoms with van der Waals surface area (Å²) in [5.74, 6) is -1.28. The van der Waals surface area contributed by atoms with E-state index in [2.05, 4.69) is 10.6 Å². The molecule has 1 aromatic carbocycles. The van der Waals surface area contributed by atoms with Crippen LogP contribution in [-0.2, 0) is 14.3 Å². The fraction of sp³-hybridized carbons (Fsp3) is 0.429. The molecule has 2 amide bonds. The first-order valence-electron chi connectivity index (χ1n) is 6.54. The van der Waals surface area contributed by atoms with Gasteiger partial charge < -0.3 is 15.4 Å². The Morgan fingerprint density at radius 2 is 2.15 bits per heavy atom. The molecule has 20 heavy (non-hydrogen) atoms. The predicted octanol–water partition coefficient (Wildman–Crippen LogP) is 1.64. The summed E-state index contributed by atoms with van der Waals surface area (Å²) in [5.41, 5.74) is 0.650. The van der Waals surface area contributed by atoms with Gasteiger partial charge in [0.25, 0.3) is 0 Å². The summed E-state index contributed by atoms with van der Waals surface area (Å²) >= 11 is 1.52. The first-order valence-corrected chi connectivity index (χ1v) is 7.77. The lowest BCUT2D eigenvalue weighted by molar-refractivity contribution is -0.136. The van der Waals surface area contributed by atoms with E-state index < -0.39 is 11.8 Å². The molecule has 1 aromatic rings. The second-order valence-corrected chi connectivity index (χ2v) is 5.35. The van der Waals surface area contributed by atoms with Crippen LogP contribution >= 0.6 is 11.8 Å². The molecule has 5 nitrogen and oxygen atoms in total. The Hall–Kier alpha value is -1.53. The third kappa shape index (κ3) is 3.98. The van der Waals surface area contributed by atoms with Gasteiger partial charge in [0.05, 0.1) is 11.8 Å². The largest absolute Gasteiger partial charge is 0.376 e. The molecule has 1 fully saturated rings. The Morgan fingerprint density at radius 1 is 1.35 bits per heavy atom. The van der Waals surface area contributed by atoms with E-state index in [0.29, 0.717) is 12.2 Å². The van der Waals surface area contributed by atoms with Gasteiger partial charge in [0, 0.05) is 18.0 Å². The Balaban J connectivity index is 1.85. The molecule has 1 aliphatic heterocycles. The monoisotopic (exact) mass is 294 g/mol. The van der Waals surface area contributed by atoms with Crippen LogP contribution in [0.4, 0.5) is 5.69 Å². The number of benzene rings is 1. The van der Waals surface area contributed by atoms with Crippen molar-refractivity contribution in [2.24, 2.45) is 0 Å². The van der Waals surface area contributed by atoms with E-state index in [9.17, 15) is 9.59 Å². The zero-order chi connectivity index (χ0) is 14.4. The average molecular weight is 294 g/mol. The van der Waals surface area contributed by atoms with Crippen LogP contribution in [0.3, 0.4) is 0 Å². The fourth-order valence-electron chi connectivity index (χ4n) is 2.02. The Morgan fingerprint density at radius 3 is 2.85 bits per heavy atom. The summed E-state index contributed by atoms with van der Waals surface area (Å²) in [5, 5.41) is 5.22. The van der Waals surface area contributed by atoms with E-state index in [4.69, 9.17) is 4.74 Å². The van der Waals surface area contributed by atoms with Gasteiger partial charge in [0.1, 0.15) is 0 Å². The highest BCUT2D eigenvalue weighted by Crippen LogP contribution is 2.24. The van der Waals surface area contributed by atoms with Gasteiger partial charge >= 0.3 is 11.8 Å². The molecule has 1 heterocycles. The van der Waals surface area contributed by atoms with Crippen LogP contribution < -0.4 is 10.6 Å². The molecule has 0 aromatic heterocycles. The molecule has 0 spiro atoms. The molecular weight excluding hydrogens is 276 g/mol. The van der Waals surface area contributed by atoms with Crippen molar-refractivity contribution >= 4 is 29.3 Å².